The van der Waals surface area contributed by atoms with E-state index in [1.165, 1.54) is 12.0 Å². The molecule has 2 bridgehead atoms. The van der Waals surface area contributed by atoms with Crippen molar-refractivity contribution in [1.82, 2.24) is 4.90 Å². The number of esters is 1. The molecule has 1 saturated carbocycles. The van der Waals surface area contributed by atoms with Gasteiger partial charge in [0.15, 0.2) is 5.78 Å². The van der Waals surface area contributed by atoms with E-state index in [1.54, 1.807) is 41.1 Å². The van der Waals surface area contributed by atoms with E-state index in [4.69, 9.17) is 28.4 Å². The molecule has 0 aromatic rings. The minimum Gasteiger partial charge on any atom is -0.460 e. The molecule has 1 aliphatic carbocycles. The molecule has 0 radical (unpaired) electrons. The zero-order valence-electron chi connectivity index (χ0n) is 42.4. The zero-order chi connectivity index (χ0) is 50.3. The number of aliphatic hydroxyl groups excluding tert-OH is 2. The molecule has 3 aliphatic heterocycles. The van der Waals surface area contributed by atoms with Gasteiger partial charge < -0.3 is 48.6 Å². The van der Waals surface area contributed by atoms with Crippen molar-refractivity contribution in [2.24, 2.45) is 35.5 Å². The molecule has 4 rings (SSSR count). The van der Waals surface area contributed by atoms with Gasteiger partial charge in [-0.1, -0.05) is 71.1 Å². The van der Waals surface area contributed by atoms with Gasteiger partial charge in [-0.25, -0.2) is 4.79 Å². The predicted molar refractivity (Wildman–Crippen MR) is 256 cm³/mol. The molecule has 2 saturated heterocycles. The van der Waals surface area contributed by atoms with Crippen molar-refractivity contribution in [1.29, 1.82) is 0 Å². The molecule has 3 fully saturated rings. The summed E-state index contributed by atoms with van der Waals surface area (Å²) in [6, 6.07) is -1.14. The molecule has 0 spiro atoms. The first-order chi connectivity index (χ1) is 32.3. The SMILES string of the molecule is CO[C@H]1CC2CC[C@@H](C)[C@@](O)(O2)C(=O)C(=O)N2CCCC[C@H]2C(=O)O[C@H]([C@H](C)C[C@@H]2CC[C@@H](OCCO)[C@H](OC)C2)CC(=O)[C@H](C)/C=C(\C)[C@@H](O)[C@@H](OC)C(=O)[C@H](C)C[C@H](C)\C=C/C=C/C=C/1C. The topological polar surface area (TPSA) is 205 Å². The highest BCUT2D eigenvalue weighted by molar-refractivity contribution is 6.39. The molecule has 1 unspecified atom stereocenters. The molecule has 384 valence electrons. The van der Waals surface area contributed by atoms with Gasteiger partial charge >= 0.3 is 5.97 Å². The number of allylic oxidation sites excluding steroid dienone is 6. The summed E-state index contributed by atoms with van der Waals surface area (Å²) < 4.78 is 35.6. The molecule has 4 aliphatic rings. The highest BCUT2D eigenvalue weighted by Crippen LogP contribution is 2.38. The number of fused-ring (bicyclic) bond motifs is 3. The number of aliphatic hydroxyl groups is 3. The minimum absolute atomic E-state index is 0.0158. The average molecular weight is 958 g/mol. The lowest BCUT2D eigenvalue weighted by molar-refractivity contribution is -0.265. The van der Waals surface area contributed by atoms with Crippen LogP contribution in [0.3, 0.4) is 0 Å². The fraction of sp³-hybridized carbons (Fsp3) is 0.755. The quantitative estimate of drug-likeness (QED) is 0.134. The summed E-state index contributed by atoms with van der Waals surface area (Å²) in [7, 11) is 4.58. The van der Waals surface area contributed by atoms with Gasteiger partial charge in [-0.15, -0.1) is 0 Å². The maximum absolute atomic E-state index is 14.5. The fourth-order valence-electron chi connectivity index (χ4n) is 10.5. The fourth-order valence-corrected chi connectivity index (χ4v) is 10.5. The van der Waals surface area contributed by atoms with E-state index >= 15 is 0 Å². The van der Waals surface area contributed by atoms with Crippen molar-refractivity contribution >= 4 is 29.2 Å². The molecule has 1 amide bonds. The minimum atomic E-state index is -2.43. The van der Waals surface area contributed by atoms with E-state index in [2.05, 4.69) is 0 Å². The molecule has 3 heterocycles. The van der Waals surface area contributed by atoms with Crippen molar-refractivity contribution < 1.29 is 67.7 Å². The van der Waals surface area contributed by atoms with E-state index in [0.717, 1.165) is 12.0 Å². The van der Waals surface area contributed by atoms with E-state index in [-0.39, 0.29) is 74.1 Å². The number of rotatable bonds is 9. The Morgan fingerprint density at radius 2 is 1.59 bits per heavy atom. The number of carbonyl (C=O) groups is 5. The third-order valence-electron chi connectivity index (χ3n) is 14.9. The Balaban J connectivity index is 1.70. The molecular formula is C53H83NO14. The maximum Gasteiger partial charge on any atom is 0.329 e. The van der Waals surface area contributed by atoms with Crippen molar-refractivity contribution in [2.45, 2.75) is 180 Å². The second kappa shape index (κ2) is 27.3. The third kappa shape index (κ3) is 15.3. The highest BCUT2D eigenvalue weighted by atomic mass is 16.6. The van der Waals surface area contributed by atoms with Crippen LogP contribution in [0.15, 0.2) is 47.6 Å². The normalized spacial score (nSPS) is 39.2. The van der Waals surface area contributed by atoms with E-state index in [9.17, 15) is 39.3 Å². The van der Waals surface area contributed by atoms with Crippen molar-refractivity contribution in [3.8, 4) is 0 Å². The van der Waals surface area contributed by atoms with Crippen LogP contribution in [0, 0.1) is 35.5 Å². The van der Waals surface area contributed by atoms with E-state index in [0.29, 0.717) is 63.4 Å². The second-order valence-corrected chi connectivity index (χ2v) is 20.2. The molecule has 15 atom stereocenters. The number of hydrogen-bond acceptors (Lipinski definition) is 14. The number of ketones is 3. The van der Waals surface area contributed by atoms with Crippen LogP contribution >= 0.6 is 0 Å². The zero-order valence-corrected chi connectivity index (χ0v) is 42.4. The van der Waals surface area contributed by atoms with Crippen LogP contribution in [0.5, 0.6) is 0 Å². The number of piperidine rings is 1. The lowest BCUT2D eigenvalue weighted by Crippen LogP contribution is -2.61. The summed E-state index contributed by atoms with van der Waals surface area (Å²) in [6.07, 6.45) is 12.0. The molecule has 68 heavy (non-hydrogen) atoms. The van der Waals surface area contributed by atoms with Crippen LogP contribution in [0.25, 0.3) is 0 Å². The smallest absolute Gasteiger partial charge is 0.329 e. The number of hydrogen-bond donors (Lipinski definition) is 3. The van der Waals surface area contributed by atoms with Gasteiger partial charge in [0, 0.05) is 58.5 Å². The summed E-state index contributed by atoms with van der Waals surface area (Å²) in [5.41, 5.74) is 1.26. The number of nitrogens with zero attached hydrogens (tertiary/aromatic N) is 1. The Labute approximate surface area is 405 Å². The van der Waals surface area contributed by atoms with E-state index < -0.39 is 77.8 Å². The van der Waals surface area contributed by atoms with Gasteiger partial charge in [-0.3, -0.25) is 19.2 Å². The molecule has 15 nitrogen and oxygen atoms in total. The average Bonchev–Trinajstić information content (AvgIpc) is 3.32. The van der Waals surface area contributed by atoms with Crippen LogP contribution in [0.2, 0.25) is 0 Å². The third-order valence-corrected chi connectivity index (χ3v) is 14.9. The van der Waals surface area contributed by atoms with Crippen molar-refractivity contribution in [3.63, 3.8) is 0 Å². The number of ether oxygens (including phenoxy) is 6. The number of amides is 1. The summed E-state index contributed by atoms with van der Waals surface area (Å²) in [5, 5.41) is 32.8. The Morgan fingerprint density at radius 3 is 2.26 bits per heavy atom. The largest absolute Gasteiger partial charge is 0.460 e. The Hall–Kier alpha value is -3.41. The lowest BCUT2D eigenvalue weighted by Gasteiger charge is -2.42. The van der Waals surface area contributed by atoms with Gasteiger partial charge in [0.2, 0.25) is 5.79 Å². The van der Waals surface area contributed by atoms with Gasteiger partial charge in [0.1, 0.15) is 30.1 Å². The van der Waals surface area contributed by atoms with Crippen LogP contribution in [0.4, 0.5) is 0 Å². The van der Waals surface area contributed by atoms with Crippen LogP contribution in [-0.4, -0.2) is 145 Å². The standard InChI is InChI=1S/C53H83NO14/c1-32-16-12-11-13-17-33(2)44(63-8)30-40-21-19-38(7)53(62,68-40)50(59)51(60)54-23-15-14-18-41(54)52(61)67-45(35(4)28-39-20-22-43(66-25-24-55)46(29-39)64-9)31-42(56)34(3)27-37(6)48(58)49(65-10)47(57)36(5)26-32/h11-13,16-17,27,32,34-36,38-41,43-46,48-49,55,58,62H,14-15,18-26,28-31H2,1-10H3/b13-11+,16-12-,33-17+,37-27+/t32-,34-,35-,36-,38-,39+,40?,41+,43-,44+,45+,46-,48-,49+,53-/m1/s1. The first-order valence-electron chi connectivity index (χ1n) is 25.0. The van der Waals surface area contributed by atoms with Gasteiger partial charge in [-0.2, -0.15) is 0 Å². The van der Waals surface area contributed by atoms with Crippen LogP contribution in [-0.2, 0) is 52.4 Å². The van der Waals surface area contributed by atoms with Crippen LogP contribution < -0.4 is 0 Å². The second-order valence-electron chi connectivity index (χ2n) is 20.2. The van der Waals surface area contributed by atoms with Gasteiger partial charge in [-0.05, 0) is 107 Å². The Kier molecular flexibility index (Phi) is 22.9. The van der Waals surface area contributed by atoms with Crippen LogP contribution in [0.1, 0.15) is 126 Å². The van der Waals surface area contributed by atoms with Gasteiger partial charge in [0.25, 0.3) is 11.7 Å². The first-order valence-corrected chi connectivity index (χ1v) is 25.0. The number of Topliss-reactive ketones (excluding diaryl/α,β-unsaturated/α-hetero) is 3. The predicted octanol–water partition coefficient (Wildman–Crippen LogP) is 6.20. The Morgan fingerprint density at radius 1 is 0.853 bits per heavy atom. The maximum atomic E-state index is 14.5. The lowest BCUT2D eigenvalue weighted by atomic mass is 9.78. The molecule has 3 N–H and O–H groups in total. The summed E-state index contributed by atoms with van der Waals surface area (Å²) in [5.74, 6) is -7.96. The van der Waals surface area contributed by atoms with Gasteiger partial charge in [0.05, 0.1) is 37.6 Å². The molecule has 15 heteroatoms. The monoisotopic (exact) mass is 958 g/mol. The summed E-state index contributed by atoms with van der Waals surface area (Å²) >= 11 is 0. The summed E-state index contributed by atoms with van der Waals surface area (Å²) in [6.45, 7) is 12.9. The van der Waals surface area contributed by atoms with Crippen molar-refractivity contribution in [2.75, 3.05) is 41.1 Å². The molecule has 0 aromatic carbocycles. The number of methoxy groups -OCH3 is 3. The molecule has 0 aromatic heterocycles. The van der Waals surface area contributed by atoms with Crippen molar-refractivity contribution in [3.05, 3.63) is 47.6 Å². The first kappa shape index (κ1) is 57.2. The molecular weight excluding hydrogens is 875 g/mol. The highest BCUT2D eigenvalue weighted by Gasteiger charge is 2.53. The number of carbonyl (C=O) groups excluding carboxylic acids is 5. The Bertz CT molecular complexity index is 1810. The van der Waals surface area contributed by atoms with E-state index in [1.807, 2.05) is 58.1 Å². The summed E-state index contributed by atoms with van der Waals surface area (Å²) in [4.78, 5) is 72.1. The number of cyclic esters (lactones) is 1.